The molecule has 3 heterocycles. The number of hydrogen-bond acceptors (Lipinski definition) is 5. The van der Waals surface area contributed by atoms with Crippen molar-refractivity contribution in [1.29, 1.82) is 0 Å². The van der Waals surface area contributed by atoms with Crippen molar-refractivity contribution in [2.75, 3.05) is 6.54 Å². The fourth-order valence-corrected chi connectivity index (χ4v) is 3.17. The summed E-state index contributed by atoms with van der Waals surface area (Å²) in [6.45, 7) is 1.41. The Morgan fingerprint density at radius 3 is 2.92 bits per heavy atom. The van der Waals surface area contributed by atoms with E-state index in [0.717, 1.165) is 29.1 Å². The van der Waals surface area contributed by atoms with Crippen molar-refractivity contribution in [2.24, 2.45) is 0 Å². The molecular formula is C17H16Cl2N6. The molecule has 6 nitrogen and oxygen atoms in total. The SMILES string of the molecule is Clc1cccc(Cn2cnc(-c3cc(C4CNNN4)ccn3)c2)c1Cl. The van der Waals surface area contributed by atoms with Gasteiger partial charge in [-0.15, -0.1) is 0 Å². The summed E-state index contributed by atoms with van der Waals surface area (Å²) in [5.74, 6) is 0. The van der Waals surface area contributed by atoms with Crippen LogP contribution in [0, 0.1) is 0 Å². The maximum absolute atomic E-state index is 6.26. The molecule has 1 fully saturated rings. The van der Waals surface area contributed by atoms with Crippen molar-refractivity contribution in [1.82, 2.24) is 30.9 Å². The largest absolute Gasteiger partial charge is 0.332 e. The van der Waals surface area contributed by atoms with Crippen LogP contribution in [0.3, 0.4) is 0 Å². The highest BCUT2D eigenvalue weighted by Gasteiger charge is 2.17. The van der Waals surface area contributed by atoms with Gasteiger partial charge in [-0.1, -0.05) is 35.3 Å². The molecule has 1 saturated heterocycles. The Morgan fingerprint density at radius 1 is 1.16 bits per heavy atom. The first kappa shape index (κ1) is 16.5. The number of hydrogen-bond donors (Lipinski definition) is 3. The van der Waals surface area contributed by atoms with E-state index < -0.39 is 0 Å². The Kier molecular flexibility index (Phi) is 4.70. The standard InChI is InChI=1S/C17H16Cl2N6/c18-13-3-1-2-12(17(13)19)8-25-9-16(21-10-25)14-6-11(4-5-20-14)15-7-22-24-23-15/h1-6,9-10,15,22-24H,7-8H2. The summed E-state index contributed by atoms with van der Waals surface area (Å²) in [6.07, 6.45) is 5.54. The molecular weight excluding hydrogens is 359 g/mol. The summed E-state index contributed by atoms with van der Waals surface area (Å²) in [5, 5.41) is 1.13. The molecule has 3 N–H and O–H groups in total. The van der Waals surface area contributed by atoms with E-state index in [1.807, 2.05) is 35.0 Å². The number of aromatic nitrogens is 3. The highest BCUT2D eigenvalue weighted by Crippen LogP contribution is 2.26. The van der Waals surface area contributed by atoms with Crippen molar-refractivity contribution in [3.05, 3.63) is 70.2 Å². The van der Waals surface area contributed by atoms with Crippen molar-refractivity contribution in [3.8, 4) is 11.4 Å². The molecule has 0 saturated carbocycles. The summed E-state index contributed by atoms with van der Waals surface area (Å²) in [7, 11) is 0. The minimum absolute atomic E-state index is 0.203. The van der Waals surface area contributed by atoms with Crippen LogP contribution in [0.5, 0.6) is 0 Å². The van der Waals surface area contributed by atoms with Gasteiger partial charge in [0, 0.05) is 18.9 Å². The van der Waals surface area contributed by atoms with E-state index in [1.54, 1.807) is 18.6 Å². The van der Waals surface area contributed by atoms with E-state index in [1.165, 1.54) is 0 Å². The van der Waals surface area contributed by atoms with Gasteiger partial charge in [-0.05, 0) is 29.3 Å². The van der Waals surface area contributed by atoms with Crippen molar-refractivity contribution < 1.29 is 0 Å². The topological polar surface area (TPSA) is 66.8 Å². The summed E-state index contributed by atoms with van der Waals surface area (Å²) >= 11 is 12.3. The van der Waals surface area contributed by atoms with Crippen molar-refractivity contribution in [3.63, 3.8) is 0 Å². The van der Waals surface area contributed by atoms with Crippen LogP contribution in [-0.2, 0) is 6.54 Å². The molecule has 4 rings (SSSR count). The Morgan fingerprint density at radius 2 is 2.08 bits per heavy atom. The molecule has 128 valence electrons. The Hall–Kier alpha value is -1.96. The zero-order chi connectivity index (χ0) is 17.2. The lowest BCUT2D eigenvalue weighted by Gasteiger charge is -2.09. The average molecular weight is 375 g/mol. The van der Waals surface area contributed by atoms with Crippen LogP contribution < -0.4 is 16.4 Å². The summed E-state index contributed by atoms with van der Waals surface area (Å²) in [5.41, 5.74) is 12.9. The smallest absolute Gasteiger partial charge is 0.107 e. The summed E-state index contributed by atoms with van der Waals surface area (Å²) in [4.78, 5) is 8.92. The zero-order valence-corrected chi connectivity index (χ0v) is 14.7. The molecule has 1 aliphatic heterocycles. The Labute approximate surface area is 155 Å². The normalized spacial score (nSPS) is 17.1. The minimum Gasteiger partial charge on any atom is -0.332 e. The summed E-state index contributed by atoms with van der Waals surface area (Å²) in [6, 6.07) is 9.88. The van der Waals surface area contributed by atoms with Crippen LogP contribution in [-0.4, -0.2) is 21.1 Å². The number of halogens is 2. The molecule has 1 atom stereocenters. The second-order valence-electron chi connectivity index (χ2n) is 5.82. The number of nitrogens with one attached hydrogen (secondary N) is 3. The molecule has 0 bridgehead atoms. The van der Waals surface area contributed by atoms with Gasteiger partial charge in [-0.2, -0.15) is 5.53 Å². The second kappa shape index (κ2) is 7.11. The molecule has 2 aromatic heterocycles. The van der Waals surface area contributed by atoms with Gasteiger partial charge in [-0.25, -0.2) is 15.8 Å². The first-order valence-corrected chi connectivity index (χ1v) is 8.60. The number of imidazole rings is 1. The van der Waals surface area contributed by atoms with Crippen LogP contribution in [0.4, 0.5) is 0 Å². The average Bonchev–Trinajstić information content (AvgIpc) is 3.31. The van der Waals surface area contributed by atoms with E-state index in [-0.39, 0.29) is 6.04 Å². The van der Waals surface area contributed by atoms with Crippen molar-refractivity contribution >= 4 is 23.2 Å². The third kappa shape index (κ3) is 3.53. The third-order valence-corrected chi connectivity index (χ3v) is 4.97. The quantitative estimate of drug-likeness (QED) is 0.654. The third-order valence-electron chi connectivity index (χ3n) is 4.11. The zero-order valence-electron chi connectivity index (χ0n) is 13.2. The molecule has 1 unspecified atom stereocenters. The van der Waals surface area contributed by atoms with Gasteiger partial charge in [0.2, 0.25) is 0 Å². The monoisotopic (exact) mass is 374 g/mol. The molecule has 8 heteroatoms. The number of rotatable bonds is 4. The molecule has 0 amide bonds. The second-order valence-corrected chi connectivity index (χ2v) is 6.61. The molecule has 1 aliphatic rings. The molecule has 25 heavy (non-hydrogen) atoms. The van der Waals surface area contributed by atoms with Gasteiger partial charge >= 0.3 is 0 Å². The van der Waals surface area contributed by atoms with Gasteiger partial charge < -0.3 is 4.57 Å². The number of hydrazine groups is 2. The van der Waals surface area contributed by atoms with Crippen LogP contribution in [0.15, 0.2) is 49.1 Å². The van der Waals surface area contributed by atoms with E-state index in [2.05, 4.69) is 26.4 Å². The minimum atomic E-state index is 0.203. The van der Waals surface area contributed by atoms with Crippen LogP contribution in [0.1, 0.15) is 17.2 Å². The van der Waals surface area contributed by atoms with Gasteiger partial charge in [0.25, 0.3) is 0 Å². The fraction of sp³-hybridized carbons (Fsp3) is 0.176. The first-order valence-electron chi connectivity index (χ1n) is 7.85. The van der Waals surface area contributed by atoms with Gasteiger partial charge in [0.05, 0.1) is 34.7 Å². The van der Waals surface area contributed by atoms with Crippen molar-refractivity contribution in [2.45, 2.75) is 12.6 Å². The Bertz CT molecular complexity index is 888. The van der Waals surface area contributed by atoms with E-state index in [9.17, 15) is 0 Å². The van der Waals surface area contributed by atoms with E-state index >= 15 is 0 Å². The Balaban J connectivity index is 1.57. The highest BCUT2D eigenvalue weighted by atomic mass is 35.5. The van der Waals surface area contributed by atoms with Gasteiger partial charge in [0.1, 0.15) is 5.69 Å². The van der Waals surface area contributed by atoms with E-state index in [0.29, 0.717) is 16.6 Å². The first-order chi connectivity index (χ1) is 12.2. The molecule has 0 spiro atoms. The van der Waals surface area contributed by atoms with Gasteiger partial charge in [0.15, 0.2) is 0 Å². The number of pyridine rings is 1. The van der Waals surface area contributed by atoms with Crippen LogP contribution >= 0.6 is 23.2 Å². The van der Waals surface area contributed by atoms with Crippen LogP contribution in [0.25, 0.3) is 11.4 Å². The lowest BCUT2D eigenvalue weighted by molar-refractivity contribution is 0.555. The number of benzene rings is 1. The predicted molar refractivity (Wildman–Crippen MR) is 98.0 cm³/mol. The van der Waals surface area contributed by atoms with E-state index in [4.69, 9.17) is 23.2 Å². The van der Waals surface area contributed by atoms with Gasteiger partial charge in [-0.3, -0.25) is 4.98 Å². The summed E-state index contributed by atoms with van der Waals surface area (Å²) < 4.78 is 1.97. The maximum Gasteiger partial charge on any atom is 0.107 e. The molecule has 1 aromatic carbocycles. The predicted octanol–water partition coefficient (Wildman–Crippen LogP) is 2.95. The highest BCUT2D eigenvalue weighted by molar-refractivity contribution is 6.42. The lowest BCUT2D eigenvalue weighted by Crippen LogP contribution is -2.30. The maximum atomic E-state index is 6.26. The number of nitrogens with zero attached hydrogens (tertiary/aromatic N) is 3. The lowest BCUT2D eigenvalue weighted by atomic mass is 10.1. The van der Waals surface area contributed by atoms with Crippen LogP contribution in [0.2, 0.25) is 10.0 Å². The molecule has 0 radical (unpaired) electrons. The molecule has 0 aliphatic carbocycles. The fourth-order valence-electron chi connectivity index (χ4n) is 2.79. The molecule has 3 aromatic rings.